The molecule has 2 aromatic rings. The van der Waals surface area contributed by atoms with Gasteiger partial charge in [0.2, 0.25) is 0 Å². The van der Waals surface area contributed by atoms with Crippen LogP contribution in [0.5, 0.6) is 0 Å². The van der Waals surface area contributed by atoms with Crippen LogP contribution in [0, 0.1) is 5.92 Å². The molecule has 0 aliphatic rings. The van der Waals surface area contributed by atoms with Gasteiger partial charge in [0.15, 0.2) is 5.96 Å². The fourth-order valence-electron chi connectivity index (χ4n) is 2.27. The second kappa shape index (κ2) is 10.5. The molecule has 2 aromatic heterocycles. The third kappa shape index (κ3) is 6.13. The summed E-state index contributed by atoms with van der Waals surface area (Å²) in [5.41, 5.74) is 1.01. The molecule has 134 valence electrons. The van der Waals surface area contributed by atoms with E-state index in [2.05, 4.69) is 40.1 Å². The molecule has 24 heavy (non-hydrogen) atoms. The largest absolute Gasteiger partial charge is 0.356 e. The summed E-state index contributed by atoms with van der Waals surface area (Å²) < 4.78 is 1.86. The Kier molecular flexibility index (Phi) is 9.48. The second-order valence-electron chi connectivity index (χ2n) is 5.53. The molecule has 0 amide bonds. The Morgan fingerprint density at radius 3 is 2.67 bits per heavy atom. The number of aliphatic imine (C=N–C) groups is 1. The summed E-state index contributed by atoms with van der Waals surface area (Å²) in [6.45, 7) is 3.71. The minimum absolute atomic E-state index is 0. The summed E-state index contributed by atoms with van der Waals surface area (Å²) >= 11 is 13.9. The molecule has 0 aromatic carbocycles. The van der Waals surface area contributed by atoms with E-state index in [1.165, 1.54) is 4.88 Å². The third-order valence-corrected chi connectivity index (χ3v) is 5.36. The van der Waals surface area contributed by atoms with Crippen molar-refractivity contribution >= 4 is 64.5 Å². The summed E-state index contributed by atoms with van der Waals surface area (Å²) in [6.07, 6.45) is 1.07. The van der Waals surface area contributed by atoms with Crippen LogP contribution in [-0.4, -0.2) is 24.1 Å². The minimum atomic E-state index is 0. The zero-order chi connectivity index (χ0) is 16.8. The highest BCUT2D eigenvalue weighted by Crippen LogP contribution is 2.24. The number of thiophene rings is 1. The van der Waals surface area contributed by atoms with E-state index in [1.54, 1.807) is 18.4 Å². The van der Waals surface area contributed by atoms with Crippen molar-refractivity contribution in [3.8, 4) is 0 Å². The molecular weight excluding hydrogens is 478 g/mol. The molecule has 4 nitrogen and oxygen atoms in total. The topological polar surface area (TPSA) is 41.4 Å². The highest BCUT2D eigenvalue weighted by Gasteiger charge is 2.10. The van der Waals surface area contributed by atoms with Gasteiger partial charge in [-0.2, -0.15) is 0 Å². The van der Waals surface area contributed by atoms with Crippen LogP contribution in [0.2, 0.25) is 10.2 Å². The maximum atomic E-state index is 6.08. The molecule has 2 rings (SSSR count). The Bertz CT molecular complexity index is 655. The van der Waals surface area contributed by atoms with Crippen molar-refractivity contribution in [1.82, 2.24) is 15.2 Å². The van der Waals surface area contributed by atoms with Crippen LogP contribution in [0.4, 0.5) is 0 Å². The first-order valence-corrected chi connectivity index (χ1v) is 9.11. The highest BCUT2D eigenvalue weighted by atomic mass is 127. The van der Waals surface area contributed by atoms with Crippen LogP contribution in [-0.2, 0) is 20.0 Å². The van der Waals surface area contributed by atoms with E-state index < -0.39 is 0 Å². The van der Waals surface area contributed by atoms with Crippen molar-refractivity contribution in [2.24, 2.45) is 18.0 Å². The van der Waals surface area contributed by atoms with Gasteiger partial charge in [0.25, 0.3) is 0 Å². The molecule has 0 aliphatic carbocycles. The van der Waals surface area contributed by atoms with Crippen LogP contribution < -0.4 is 10.6 Å². The normalized spacial score (nSPS) is 12.6. The number of aromatic nitrogens is 1. The zero-order valence-electron chi connectivity index (χ0n) is 14.0. The maximum absolute atomic E-state index is 6.08. The number of nitrogens with one attached hydrogen (secondary N) is 2. The van der Waals surface area contributed by atoms with Gasteiger partial charge in [-0.15, -0.1) is 35.3 Å². The number of halogens is 3. The molecule has 0 bridgehead atoms. The Balaban J connectivity index is 0.00000288. The van der Waals surface area contributed by atoms with Gasteiger partial charge in [-0.3, -0.25) is 4.99 Å². The quantitative estimate of drug-likeness (QED) is 0.347. The molecule has 0 spiro atoms. The molecule has 8 heteroatoms. The van der Waals surface area contributed by atoms with Crippen molar-refractivity contribution in [2.75, 3.05) is 13.6 Å². The van der Waals surface area contributed by atoms with E-state index in [9.17, 15) is 0 Å². The van der Waals surface area contributed by atoms with Crippen LogP contribution in [0.25, 0.3) is 0 Å². The Morgan fingerprint density at radius 2 is 2.12 bits per heavy atom. The van der Waals surface area contributed by atoms with Gasteiger partial charge in [0.1, 0.15) is 5.15 Å². The molecule has 0 fully saturated rings. The van der Waals surface area contributed by atoms with Gasteiger partial charge < -0.3 is 15.2 Å². The van der Waals surface area contributed by atoms with Gasteiger partial charge in [-0.1, -0.05) is 36.2 Å². The third-order valence-electron chi connectivity index (χ3n) is 3.62. The average molecular weight is 501 g/mol. The lowest BCUT2D eigenvalue weighted by atomic mass is 10.1. The first kappa shape index (κ1) is 21.6. The van der Waals surface area contributed by atoms with E-state index in [0.717, 1.165) is 24.6 Å². The summed E-state index contributed by atoms with van der Waals surface area (Å²) in [6, 6.07) is 6.14. The molecule has 2 N–H and O–H groups in total. The van der Waals surface area contributed by atoms with Crippen LogP contribution in [0.15, 0.2) is 28.6 Å². The van der Waals surface area contributed by atoms with E-state index >= 15 is 0 Å². The van der Waals surface area contributed by atoms with Gasteiger partial charge in [-0.05, 0) is 29.9 Å². The van der Waals surface area contributed by atoms with E-state index in [1.807, 2.05) is 17.7 Å². The average Bonchev–Trinajstić information content (AvgIpc) is 3.12. The molecule has 0 saturated heterocycles. The predicted molar refractivity (Wildman–Crippen MR) is 116 cm³/mol. The monoisotopic (exact) mass is 500 g/mol. The lowest BCUT2D eigenvalue weighted by Gasteiger charge is -2.16. The molecular formula is C16H23Cl2IN4S. The first-order valence-electron chi connectivity index (χ1n) is 7.47. The predicted octanol–water partition coefficient (Wildman–Crippen LogP) is 4.56. The van der Waals surface area contributed by atoms with Crippen molar-refractivity contribution in [3.05, 3.63) is 44.3 Å². The number of hydrogen-bond acceptors (Lipinski definition) is 2. The van der Waals surface area contributed by atoms with Crippen LogP contribution >= 0.6 is 58.5 Å². The van der Waals surface area contributed by atoms with Gasteiger partial charge >= 0.3 is 0 Å². The zero-order valence-corrected chi connectivity index (χ0v) is 18.6. The number of hydrogen-bond donors (Lipinski definition) is 2. The summed E-state index contributed by atoms with van der Waals surface area (Å²) in [5, 5.41) is 9.88. The fourth-order valence-corrected chi connectivity index (χ4v) is 3.55. The number of rotatable bonds is 6. The minimum Gasteiger partial charge on any atom is -0.356 e. The molecule has 0 saturated carbocycles. The van der Waals surface area contributed by atoms with Gasteiger partial charge in [-0.25, -0.2) is 0 Å². The van der Waals surface area contributed by atoms with Crippen molar-refractivity contribution in [2.45, 2.75) is 19.9 Å². The fraction of sp³-hybridized carbons (Fsp3) is 0.438. The van der Waals surface area contributed by atoms with Gasteiger partial charge in [0.05, 0.1) is 11.6 Å². The molecule has 0 aliphatic heterocycles. The number of nitrogens with zero attached hydrogens (tertiary/aromatic N) is 2. The Morgan fingerprint density at radius 1 is 1.38 bits per heavy atom. The standard InChI is InChI=1S/C16H22Cl2N4S.HI/c1-11(7-13-5-4-6-23-13)9-20-16(19-2)21-10-12-8-14(17)15(18)22(12)3;/h4-6,8,11H,7,9-10H2,1-3H3,(H2,19,20,21);1H. The molecule has 0 radical (unpaired) electrons. The maximum Gasteiger partial charge on any atom is 0.191 e. The Labute approximate surface area is 174 Å². The molecule has 1 unspecified atom stereocenters. The molecule has 2 heterocycles. The first-order chi connectivity index (χ1) is 11.0. The van der Waals surface area contributed by atoms with Crippen molar-refractivity contribution in [1.29, 1.82) is 0 Å². The molecule has 1 atom stereocenters. The lowest BCUT2D eigenvalue weighted by Crippen LogP contribution is -2.39. The van der Waals surface area contributed by atoms with E-state index in [0.29, 0.717) is 22.6 Å². The lowest BCUT2D eigenvalue weighted by molar-refractivity contribution is 0.561. The smallest absolute Gasteiger partial charge is 0.191 e. The SMILES string of the molecule is CN=C(NCc1cc(Cl)c(Cl)n1C)NCC(C)Cc1cccs1.I. The second-order valence-corrected chi connectivity index (χ2v) is 7.33. The van der Waals surface area contributed by atoms with Crippen molar-refractivity contribution < 1.29 is 0 Å². The Hall–Kier alpha value is -0.440. The summed E-state index contributed by atoms with van der Waals surface area (Å²) in [4.78, 5) is 5.67. The van der Waals surface area contributed by atoms with Gasteiger partial charge in [0, 0.05) is 31.2 Å². The van der Waals surface area contributed by atoms with Crippen molar-refractivity contribution in [3.63, 3.8) is 0 Å². The number of guanidine groups is 1. The van der Waals surface area contributed by atoms with Crippen LogP contribution in [0.3, 0.4) is 0 Å². The summed E-state index contributed by atoms with van der Waals surface area (Å²) in [7, 11) is 3.66. The van der Waals surface area contributed by atoms with E-state index in [4.69, 9.17) is 23.2 Å². The highest BCUT2D eigenvalue weighted by molar-refractivity contribution is 14.0. The summed E-state index contributed by atoms with van der Waals surface area (Å²) in [5.74, 6) is 1.31. The van der Waals surface area contributed by atoms with E-state index in [-0.39, 0.29) is 24.0 Å². The van der Waals surface area contributed by atoms with Crippen LogP contribution in [0.1, 0.15) is 17.5 Å².